The Balaban J connectivity index is 4.28. The van der Waals surface area contributed by atoms with Crippen LogP contribution in [0.3, 0.4) is 0 Å². The zero-order valence-corrected chi connectivity index (χ0v) is 19.7. The van der Waals surface area contributed by atoms with Gasteiger partial charge in [0.05, 0.1) is 26.1 Å². The first-order chi connectivity index (χ1) is 11.7. The quantitative estimate of drug-likeness (QED) is 0.165. The van der Waals surface area contributed by atoms with Gasteiger partial charge in [-0.3, -0.25) is 0 Å². The minimum atomic E-state index is -0.607. The van der Waals surface area contributed by atoms with Crippen molar-refractivity contribution in [3.05, 3.63) is 0 Å². The van der Waals surface area contributed by atoms with E-state index in [0.29, 0.717) is 7.61 Å². The molecule has 0 aromatic heterocycles. The van der Waals surface area contributed by atoms with Crippen LogP contribution in [0.5, 0.6) is 0 Å². The molecule has 0 aliphatic heterocycles. The Kier molecular flexibility index (Phi) is 17.9. The van der Waals surface area contributed by atoms with Gasteiger partial charge < -0.3 is 0 Å². The van der Waals surface area contributed by atoms with Gasteiger partial charge in [-0.25, -0.2) is 0 Å². The molecule has 0 saturated carbocycles. The topological polar surface area (TPSA) is 0 Å². The van der Waals surface area contributed by atoms with Crippen molar-refractivity contribution in [1.82, 2.24) is 0 Å². The summed E-state index contributed by atoms with van der Waals surface area (Å²) in [7, 11) is 0.353. The van der Waals surface area contributed by atoms with Crippen LogP contribution in [0.2, 0.25) is 0 Å². The highest BCUT2D eigenvalue weighted by atomic mass is 32.1. The van der Waals surface area contributed by atoms with Crippen molar-refractivity contribution in [3.8, 4) is 0 Å². The van der Waals surface area contributed by atoms with E-state index in [1.165, 1.54) is 95.5 Å². The number of rotatable bonds is 18. The first kappa shape index (κ1) is 24.9. The van der Waals surface area contributed by atoms with Crippen molar-refractivity contribution >= 4 is 14.6 Å². The van der Waals surface area contributed by atoms with Crippen LogP contribution in [0.15, 0.2) is 0 Å². The fourth-order valence-corrected chi connectivity index (χ4v) is 15.7. The fraction of sp³-hybridized carbons (Fsp3) is 1.00. The third-order valence-corrected chi connectivity index (χ3v) is 19.6. The highest BCUT2D eigenvalue weighted by Gasteiger charge is 2.40. The molecule has 0 bridgehead atoms. The van der Waals surface area contributed by atoms with Gasteiger partial charge in [0.25, 0.3) is 0 Å². The van der Waals surface area contributed by atoms with E-state index in [0.717, 1.165) is 0 Å². The van der Waals surface area contributed by atoms with Crippen LogP contribution in [-0.4, -0.2) is 30.8 Å². The fourth-order valence-electron chi connectivity index (χ4n) is 3.96. The molecule has 0 aromatic rings. The molecule has 146 valence electrons. The highest BCUT2D eigenvalue weighted by molar-refractivity contribution is 8.38. The summed E-state index contributed by atoms with van der Waals surface area (Å²) in [5.41, 5.74) is 0. The molecule has 0 aliphatic rings. The molecule has 0 saturated heterocycles. The zero-order valence-electron chi connectivity index (χ0n) is 17.9. The lowest BCUT2D eigenvalue weighted by molar-refractivity contribution is 0.622. The summed E-state index contributed by atoms with van der Waals surface area (Å²) >= 11 is 0. The molecule has 0 fully saturated rings. The lowest BCUT2D eigenvalue weighted by Gasteiger charge is -2.32. The Labute approximate surface area is 157 Å². The lowest BCUT2D eigenvalue weighted by atomic mass is 10.1. The van der Waals surface area contributed by atoms with Gasteiger partial charge in [0.1, 0.15) is 0 Å². The average molecular weight is 376 g/mol. The van der Waals surface area contributed by atoms with E-state index in [1.54, 1.807) is 12.3 Å². The van der Waals surface area contributed by atoms with Gasteiger partial charge in [-0.05, 0) is 33.6 Å². The largest absolute Gasteiger partial charge is 0.0654 e. The average Bonchev–Trinajstić information content (AvgIpc) is 2.62. The monoisotopic (exact) mass is 375 g/mol. The molecule has 0 amide bonds. The van der Waals surface area contributed by atoms with Gasteiger partial charge >= 0.3 is 0 Å². The Morgan fingerprint density at radius 2 is 0.792 bits per heavy atom. The van der Waals surface area contributed by atoms with E-state index in [1.807, 2.05) is 0 Å². The first-order valence-corrected chi connectivity index (χ1v) is 16.1. The maximum atomic E-state index is 2.51. The molecule has 0 aliphatic carbocycles. The Bertz CT molecular complexity index is 224. The minimum Gasteiger partial charge on any atom is -0.0654 e. The van der Waals surface area contributed by atoms with Crippen LogP contribution in [-0.2, 0) is 0 Å². The van der Waals surface area contributed by atoms with Crippen LogP contribution in [0.4, 0.5) is 0 Å². The van der Waals surface area contributed by atoms with Crippen molar-refractivity contribution < 1.29 is 0 Å². The maximum absolute atomic E-state index is 2.51. The molecule has 0 unspecified atom stereocenters. The zero-order chi connectivity index (χ0) is 18.1. The van der Waals surface area contributed by atoms with Crippen molar-refractivity contribution in [2.75, 3.05) is 30.8 Å². The molecular weight excluding hydrogens is 326 g/mol. The van der Waals surface area contributed by atoms with Crippen molar-refractivity contribution in [1.29, 1.82) is 0 Å². The Hall–Kier alpha value is 0.860. The number of hydrogen-bond acceptors (Lipinski definition) is 0. The first-order valence-electron chi connectivity index (χ1n) is 11.3. The van der Waals surface area contributed by atoms with Gasteiger partial charge in [0.15, 0.2) is 0 Å². The second-order valence-electron chi connectivity index (χ2n) is 7.53. The summed E-state index contributed by atoms with van der Waals surface area (Å²) in [6, 6.07) is 0. The van der Waals surface area contributed by atoms with Crippen molar-refractivity contribution in [2.45, 2.75) is 112 Å². The summed E-state index contributed by atoms with van der Waals surface area (Å²) < 4.78 is 0. The summed E-state index contributed by atoms with van der Waals surface area (Å²) in [5.74, 6) is 0. The molecule has 0 N–H and O–H groups in total. The second-order valence-corrected chi connectivity index (χ2v) is 17.8. The smallest absolute Gasteiger partial charge is 0.0588 e. The standard InChI is InChI=1S/C22H49P2/c1-6-11-13-15-17-19-21-23(24(8-3,9-4)10-5)22-20-18-16-14-12-7-2/h6-22H2,1-5H3/q+1. The predicted molar refractivity (Wildman–Crippen MR) is 122 cm³/mol. The lowest BCUT2D eigenvalue weighted by Crippen LogP contribution is -2.06. The van der Waals surface area contributed by atoms with Crippen molar-refractivity contribution in [2.24, 2.45) is 0 Å². The Morgan fingerprint density at radius 1 is 0.458 bits per heavy atom. The van der Waals surface area contributed by atoms with E-state index in [9.17, 15) is 0 Å². The highest BCUT2D eigenvalue weighted by Crippen LogP contribution is 2.83. The molecule has 2 heteroatoms. The summed E-state index contributed by atoms with van der Waals surface area (Å²) in [6.45, 7) is 11.6. The summed E-state index contributed by atoms with van der Waals surface area (Å²) in [6.07, 6.45) is 25.5. The normalized spacial score (nSPS) is 12.2. The molecule has 24 heavy (non-hydrogen) atoms. The third kappa shape index (κ3) is 10.8. The predicted octanol–water partition coefficient (Wildman–Crippen LogP) is 9.18. The van der Waals surface area contributed by atoms with Crippen molar-refractivity contribution in [3.63, 3.8) is 0 Å². The summed E-state index contributed by atoms with van der Waals surface area (Å²) in [4.78, 5) is 0. The maximum Gasteiger partial charge on any atom is 0.0588 e. The van der Waals surface area contributed by atoms with E-state index < -0.39 is 6.95 Å². The van der Waals surface area contributed by atoms with Crippen LogP contribution in [0, 0.1) is 0 Å². The van der Waals surface area contributed by atoms with Gasteiger partial charge in [-0.2, -0.15) is 0 Å². The van der Waals surface area contributed by atoms with Crippen LogP contribution < -0.4 is 0 Å². The summed E-state index contributed by atoms with van der Waals surface area (Å²) in [5, 5.41) is 0. The van der Waals surface area contributed by atoms with Crippen LogP contribution >= 0.6 is 14.6 Å². The molecule has 0 rings (SSSR count). The molecule has 0 atom stereocenters. The van der Waals surface area contributed by atoms with Crippen LogP contribution in [0.1, 0.15) is 112 Å². The number of hydrogen-bond donors (Lipinski definition) is 0. The minimum absolute atomic E-state index is 0.353. The van der Waals surface area contributed by atoms with E-state index in [4.69, 9.17) is 0 Å². The van der Waals surface area contributed by atoms with Crippen LogP contribution in [0.25, 0.3) is 0 Å². The molecule has 0 nitrogen and oxygen atoms in total. The Morgan fingerprint density at radius 3 is 1.12 bits per heavy atom. The van der Waals surface area contributed by atoms with Gasteiger partial charge in [-0.15, -0.1) is 0 Å². The van der Waals surface area contributed by atoms with E-state index in [-0.39, 0.29) is 0 Å². The molecular formula is C22H49P2+. The molecule has 0 radical (unpaired) electrons. The molecule has 0 spiro atoms. The van der Waals surface area contributed by atoms with Gasteiger partial charge in [0.2, 0.25) is 0 Å². The molecule has 0 heterocycles. The SMILES string of the molecule is CCCCCCCCP(CCCCCCCC)[P+](CC)(CC)CC. The third-order valence-electron chi connectivity index (χ3n) is 5.91. The van der Waals surface area contributed by atoms with Gasteiger partial charge in [-0.1, -0.05) is 78.1 Å². The number of unbranched alkanes of at least 4 members (excludes halogenated alkanes) is 10. The molecule has 0 aromatic carbocycles. The van der Waals surface area contributed by atoms with E-state index in [2.05, 4.69) is 34.6 Å². The van der Waals surface area contributed by atoms with Gasteiger partial charge in [0, 0.05) is 19.3 Å². The van der Waals surface area contributed by atoms with E-state index >= 15 is 0 Å². The second kappa shape index (κ2) is 17.3.